The lowest BCUT2D eigenvalue weighted by molar-refractivity contribution is -0.255. The lowest BCUT2D eigenvalue weighted by atomic mass is 9.55. The van der Waals surface area contributed by atoms with E-state index in [4.69, 9.17) is 38.4 Å². The number of oxime groups is 1. The molecule has 7 atom stereocenters. The Kier molecular flexibility index (Phi) is 16.8. The number of benzene rings is 2. The third kappa shape index (κ3) is 10.5. The molecule has 2 aliphatic carbocycles. The number of aliphatic hydroxyl groups excluding tert-OH is 2. The summed E-state index contributed by atoms with van der Waals surface area (Å²) in [7, 11) is 1.52. The van der Waals surface area contributed by atoms with Crippen LogP contribution in [0.25, 0.3) is 0 Å². The van der Waals surface area contributed by atoms with Gasteiger partial charge < -0.3 is 43.5 Å². The zero-order chi connectivity index (χ0) is 43.2. The maximum Gasteiger partial charge on any atom is 0.410 e. The number of amides is 1. The van der Waals surface area contributed by atoms with E-state index in [0.29, 0.717) is 79.5 Å². The quantitative estimate of drug-likeness (QED) is 0.0477. The topological polar surface area (TPSA) is 155 Å². The SMILES string of the molecule is C=CCCOC(=O)N(CCC)[C@H]1CC(=NOC2CCCCO2)C2=C[C@H](CCCCO)[C@@H](CCCCO)[C@@H]3c4cc(Oc5ccc(OC)c(C=O)c5)ccc4O[C@@]1(OCC=C)[C@H]23. The average molecular weight is 845 g/mol. The van der Waals surface area contributed by atoms with Gasteiger partial charge in [-0.25, -0.2) is 4.79 Å². The maximum absolute atomic E-state index is 14.3. The number of carbonyl (C=O) groups is 2. The highest BCUT2D eigenvalue weighted by molar-refractivity contribution is 6.03. The third-order valence-corrected chi connectivity index (χ3v) is 12.2. The van der Waals surface area contributed by atoms with Gasteiger partial charge in [0.05, 0.1) is 44.1 Å². The van der Waals surface area contributed by atoms with Gasteiger partial charge >= 0.3 is 6.09 Å². The number of aldehydes is 1. The summed E-state index contributed by atoms with van der Waals surface area (Å²) in [6.07, 6.45) is 14.0. The van der Waals surface area contributed by atoms with Crippen LogP contribution in [0.1, 0.15) is 106 Å². The van der Waals surface area contributed by atoms with E-state index in [9.17, 15) is 19.8 Å². The number of allylic oxidation sites excluding steroid dienone is 1. The molecule has 332 valence electrons. The van der Waals surface area contributed by atoms with Gasteiger partial charge in [0.1, 0.15) is 29.0 Å². The van der Waals surface area contributed by atoms with Crippen molar-refractivity contribution in [2.24, 2.45) is 22.9 Å². The van der Waals surface area contributed by atoms with Gasteiger partial charge in [-0.1, -0.05) is 43.1 Å². The summed E-state index contributed by atoms with van der Waals surface area (Å²) in [6, 6.07) is 10.1. The van der Waals surface area contributed by atoms with Crippen LogP contribution in [-0.4, -0.2) is 98.0 Å². The minimum Gasteiger partial charge on any atom is -0.496 e. The van der Waals surface area contributed by atoms with Crippen molar-refractivity contribution in [3.8, 4) is 23.0 Å². The van der Waals surface area contributed by atoms with Gasteiger partial charge in [0.25, 0.3) is 0 Å². The molecule has 1 amide bonds. The molecule has 2 aromatic carbocycles. The van der Waals surface area contributed by atoms with E-state index in [2.05, 4.69) is 19.2 Å². The number of unbranched alkanes of at least 4 members (excludes halogenated alkanes) is 2. The van der Waals surface area contributed by atoms with Crippen molar-refractivity contribution in [1.29, 1.82) is 0 Å². The fraction of sp³-hybridized carbons (Fsp3) is 0.562. The van der Waals surface area contributed by atoms with E-state index in [1.165, 1.54) is 7.11 Å². The molecule has 0 bridgehead atoms. The Bertz CT molecular complexity index is 1860. The molecule has 0 aromatic heterocycles. The highest BCUT2D eigenvalue weighted by atomic mass is 16.8. The highest BCUT2D eigenvalue weighted by Gasteiger charge is 2.65. The van der Waals surface area contributed by atoms with Crippen LogP contribution in [0.5, 0.6) is 23.0 Å². The number of hydrogen-bond donors (Lipinski definition) is 2. The minimum absolute atomic E-state index is 0.0213. The fourth-order valence-electron chi connectivity index (χ4n) is 9.56. The predicted octanol–water partition coefficient (Wildman–Crippen LogP) is 8.88. The first kappa shape index (κ1) is 45.8. The molecule has 2 aliphatic heterocycles. The number of ether oxygens (including phenoxy) is 6. The van der Waals surface area contributed by atoms with E-state index < -0.39 is 30.1 Å². The van der Waals surface area contributed by atoms with Crippen molar-refractivity contribution in [3.63, 3.8) is 0 Å². The zero-order valence-corrected chi connectivity index (χ0v) is 35.8. The lowest BCUT2D eigenvalue weighted by Gasteiger charge is -2.60. The summed E-state index contributed by atoms with van der Waals surface area (Å²) in [5.74, 6) is -0.0550. The molecule has 2 N–H and O–H groups in total. The van der Waals surface area contributed by atoms with Crippen LogP contribution < -0.4 is 14.2 Å². The normalized spacial score (nSPS) is 25.8. The molecule has 2 fully saturated rings. The lowest BCUT2D eigenvalue weighted by Crippen LogP contribution is -2.70. The Morgan fingerprint density at radius 1 is 1.03 bits per heavy atom. The Hall–Kier alpha value is -4.69. The monoisotopic (exact) mass is 844 g/mol. The molecule has 1 unspecified atom stereocenters. The van der Waals surface area contributed by atoms with E-state index in [1.807, 2.05) is 25.1 Å². The Morgan fingerprint density at radius 3 is 2.52 bits per heavy atom. The first-order valence-corrected chi connectivity index (χ1v) is 22.1. The standard InChI is InChI=1S/C48H64N2O11/c1-5-8-26-57-47(54)50(22-6-2)43-31-40(49-61-44-17-11-14-27-56-44)38-29-33(15-9-12-23-51)37(16-10-13-24-52)45-39-30-36(59-35-18-20-41(55-4)34(28-35)32-53)19-21-42(39)60-48(43,46(38)45)58-25-7-3/h5,7,18-21,28-30,32-33,37,43-46,51-52H,1,3,6,8-17,22-27,31H2,2,4H3/t33-,37+,43-,44?,45+,46+,48+/m0/s1. The molecular weight excluding hydrogens is 781 g/mol. The molecule has 0 spiro atoms. The minimum atomic E-state index is -1.42. The predicted molar refractivity (Wildman–Crippen MR) is 231 cm³/mol. The van der Waals surface area contributed by atoms with Crippen LogP contribution in [0.4, 0.5) is 4.79 Å². The van der Waals surface area contributed by atoms with Crippen molar-refractivity contribution in [1.82, 2.24) is 4.90 Å². The van der Waals surface area contributed by atoms with Crippen molar-refractivity contribution < 1.29 is 53.1 Å². The Labute approximate surface area is 360 Å². The van der Waals surface area contributed by atoms with E-state index in [-0.39, 0.29) is 50.6 Å². The molecule has 2 aromatic rings. The van der Waals surface area contributed by atoms with E-state index in [0.717, 1.165) is 55.9 Å². The van der Waals surface area contributed by atoms with E-state index in [1.54, 1.807) is 35.3 Å². The van der Waals surface area contributed by atoms with Crippen LogP contribution in [0.3, 0.4) is 0 Å². The second kappa shape index (κ2) is 22.4. The Morgan fingerprint density at radius 2 is 1.82 bits per heavy atom. The van der Waals surface area contributed by atoms with Crippen molar-refractivity contribution in [2.45, 2.75) is 108 Å². The number of nitrogens with zero attached hydrogens (tertiary/aromatic N) is 2. The number of aliphatic hydroxyl groups is 2. The molecule has 1 saturated heterocycles. The van der Waals surface area contributed by atoms with Crippen LogP contribution in [0, 0.1) is 17.8 Å². The summed E-state index contributed by atoms with van der Waals surface area (Å²) in [5.41, 5.74) is 2.88. The second-order valence-corrected chi connectivity index (χ2v) is 16.2. The smallest absolute Gasteiger partial charge is 0.410 e. The third-order valence-electron chi connectivity index (χ3n) is 12.2. The largest absolute Gasteiger partial charge is 0.496 e. The number of fused-ring (bicyclic) bond motifs is 2. The molecule has 13 nitrogen and oxygen atoms in total. The molecule has 13 heteroatoms. The molecule has 4 aliphatic rings. The van der Waals surface area contributed by atoms with Gasteiger partial charge in [-0.05, 0) is 105 Å². The number of rotatable bonds is 23. The molecule has 1 saturated carbocycles. The summed E-state index contributed by atoms with van der Waals surface area (Å²) in [4.78, 5) is 34.2. The van der Waals surface area contributed by atoms with Crippen molar-refractivity contribution in [3.05, 3.63) is 84.5 Å². The molecule has 2 heterocycles. The fourth-order valence-corrected chi connectivity index (χ4v) is 9.56. The highest BCUT2D eigenvalue weighted by Crippen LogP contribution is 2.62. The second-order valence-electron chi connectivity index (χ2n) is 16.2. The molecule has 61 heavy (non-hydrogen) atoms. The first-order valence-electron chi connectivity index (χ1n) is 22.1. The number of carbonyl (C=O) groups excluding carboxylic acids is 2. The number of hydrogen-bond acceptors (Lipinski definition) is 12. The van der Waals surface area contributed by atoms with Gasteiger partial charge in [-0.2, -0.15) is 0 Å². The van der Waals surface area contributed by atoms with Gasteiger partial charge in [-0.3, -0.25) is 9.69 Å². The molecular formula is C48H64N2O11. The summed E-state index contributed by atoms with van der Waals surface area (Å²) >= 11 is 0. The first-order chi connectivity index (χ1) is 29.9. The zero-order valence-electron chi connectivity index (χ0n) is 35.8. The van der Waals surface area contributed by atoms with E-state index >= 15 is 0 Å². The molecule has 0 radical (unpaired) electrons. The van der Waals surface area contributed by atoms with Crippen molar-refractivity contribution >= 4 is 18.1 Å². The Balaban J connectivity index is 1.57. The van der Waals surface area contributed by atoms with Crippen LogP contribution in [-0.2, 0) is 19.0 Å². The summed E-state index contributed by atoms with van der Waals surface area (Å²) in [5, 5.41) is 24.8. The molecule has 6 rings (SSSR count). The van der Waals surface area contributed by atoms with Gasteiger partial charge in [0.15, 0.2) is 6.29 Å². The summed E-state index contributed by atoms with van der Waals surface area (Å²) in [6.45, 7) is 11.3. The average Bonchev–Trinajstić information content (AvgIpc) is 3.28. The van der Waals surface area contributed by atoms with Gasteiger partial charge in [-0.15, -0.1) is 13.2 Å². The van der Waals surface area contributed by atoms with Crippen LogP contribution in [0.2, 0.25) is 0 Å². The van der Waals surface area contributed by atoms with Crippen LogP contribution >= 0.6 is 0 Å². The summed E-state index contributed by atoms with van der Waals surface area (Å²) < 4.78 is 38.0. The van der Waals surface area contributed by atoms with Gasteiger partial charge in [0.2, 0.25) is 12.1 Å². The van der Waals surface area contributed by atoms with Crippen LogP contribution in [0.15, 0.2) is 78.5 Å². The van der Waals surface area contributed by atoms with Crippen molar-refractivity contribution in [2.75, 3.05) is 46.7 Å². The number of methoxy groups -OCH3 is 1. The van der Waals surface area contributed by atoms with Gasteiger partial charge in [0, 0.05) is 44.1 Å². The maximum atomic E-state index is 14.3.